The van der Waals surface area contributed by atoms with Gasteiger partial charge in [0, 0.05) is 24.0 Å². The number of amides is 2. The van der Waals surface area contributed by atoms with Crippen molar-refractivity contribution in [3.63, 3.8) is 0 Å². The van der Waals surface area contributed by atoms with Gasteiger partial charge >= 0.3 is 6.03 Å². The zero-order valence-electron chi connectivity index (χ0n) is 13.0. The van der Waals surface area contributed by atoms with E-state index in [0.29, 0.717) is 12.5 Å². The first-order valence-electron chi connectivity index (χ1n) is 7.67. The lowest BCUT2D eigenvalue weighted by Crippen LogP contribution is -2.67. The number of hydrogen-bond acceptors (Lipinski definition) is 3. The number of carbonyl (C=O) groups is 1. The normalized spacial score (nSPS) is 28.3. The lowest BCUT2D eigenvalue weighted by molar-refractivity contribution is -0.109. The molecule has 5 heteroatoms. The second kappa shape index (κ2) is 5.69. The maximum absolute atomic E-state index is 12.6. The van der Waals surface area contributed by atoms with E-state index >= 15 is 0 Å². The molecule has 0 spiro atoms. The molecule has 3 atom stereocenters. The average molecular weight is 302 g/mol. The molecule has 1 aromatic rings. The van der Waals surface area contributed by atoms with E-state index in [9.17, 15) is 4.79 Å². The van der Waals surface area contributed by atoms with E-state index in [2.05, 4.69) is 25.1 Å². The fourth-order valence-electron chi connectivity index (χ4n) is 3.74. The maximum Gasteiger partial charge on any atom is 0.318 e. The number of terminal acetylenes is 1. The van der Waals surface area contributed by atoms with Crippen LogP contribution < -0.4 is 5.32 Å². The first-order valence-corrected chi connectivity index (χ1v) is 7.67. The Kier molecular flexibility index (Phi) is 3.88. The van der Waals surface area contributed by atoms with Crippen molar-refractivity contribution in [2.45, 2.75) is 39.0 Å². The Morgan fingerprint density at radius 3 is 3.09 bits per heavy atom. The van der Waals surface area contributed by atoms with E-state index in [1.165, 1.54) is 0 Å². The summed E-state index contributed by atoms with van der Waals surface area (Å²) in [6, 6.07) is 3.63. The number of nitrogens with zero attached hydrogens (tertiary/aromatic N) is 1. The Balaban J connectivity index is 1.65. The molecule has 2 heterocycles. The van der Waals surface area contributed by atoms with Crippen molar-refractivity contribution in [1.29, 1.82) is 0 Å². The smallest absolute Gasteiger partial charge is 0.318 e. The number of fused-ring (bicyclic) bond motifs is 1. The SMILES string of the molecule is C#CCN(Cc1ccco1)C(=O)N[C@@H]1[C@H]2CCO[C@H]2C1(C)C. The minimum Gasteiger partial charge on any atom is -0.467 e. The van der Waals surface area contributed by atoms with Crippen molar-refractivity contribution < 1.29 is 13.9 Å². The minimum absolute atomic E-state index is 0.0384. The molecule has 1 aliphatic heterocycles. The lowest BCUT2D eigenvalue weighted by Gasteiger charge is -2.54. The van der Waals surface area contributed by atoms with Gasteiger partial charge in [0.05, 0.1) is 25.5 Å². The molecule has 1 aliphatic carbocycles. The van der Waals surface area contributed by atoms with Crippen molar-refractivity contribution >= 4 is 6.03 Å². The molecule has 5 nitrogen and oxygen atoms in total. The second-order valence-corrected chi connectivity index (χ2v) is 6.63. The van der Waals surface area contributed by atoms with Gasteiger partial charge in [0.2, 0.25) is 0 Å². The van der Waals surface area contributed by atoms with Crippen LogP contribution in [0.4, 0.5) is 4.79 Å². The molecule has 2 aliphatic rings. The van der Waals surface area contributed by atoms with Crippen LogP contribution in [0.1, 0.15) is 26.0 Å². The topological polar surface area (TPSA) is 54.7 Å². The summed E-state index contributed by atoms with van der Waals surface area (Å²) in [5, 5.41) is 3.15. The lowest BCUT2D eigenvalue weighted by atomic mass is 9.57. The van der Waals surface area contributed by atoms with Gasteiger partial charge in [-0.25, -0.2) is 4.79 Å². The molecule has 2 amide bonds. The summed E-state index contributed by atoms with van der Waals surface area (Å²) >= 11 is 0. The van der Waals surface area contributed by atoms with E-state index < -0.39 is 0 Å². The third-order valence-corrected chi connectivity index (χ3v) is 4.88. The number of ether oxygens (including phenoxy) is 1. The van der Waals surface area contributed by atoms with Crippen LogP contribution in [0.2, 0.25) is 0 Å². The van der Waals surface area contributed by atoms with Gasteiger partial charge in [-0.3, -0.25) is 0 Å². The largest absolute Gasteiger partial charge is 0.467 e. The highest BCUT2D eigenvalue weighted by Gasteiger charge is 2.59. The molecule has 1 saturated carbocycles. The zero-order chi connectivity index (χ0) is 15.7. The molecule has 1 aromatic heterocycles. The molecular weight excluding hydrogens is 280 g/mol. The highest BCUT2D eigenvalue weighted by atomic mass is 16.5. The Morgan fingerprint density at radius 2 is 2.41 bits per heavy atom. The number of carbonyl (C=O) groups excluding carboxylic acids is 1. The molecule has 0 bridgehead atoms. The first-order chi connectivity index (χ1) is 10.5. The summed E-state index contributed by atoms with van der Waals surface area (Å²) in [6.45, 7) is 5.70. The molecule has 2 fully saturated rings. The summed E-state index contributed by atoms with van der Waals surface area (Å²) in [5.41, 5.74) is -0.0384. The van der Waals surface area contributed by atoms with Gasteiger partial charge in [-0.15, -0.1) is 6.42 Å². The second-order valence-electron chi connectivity index (χ2n) is 6.63. The molecule has 3 rings (SSSR count). The zero-order valence-corrected chi connectivity index (χ0v) is 13.0. The van der Waals surface area contributed by atoms with E-state index in [0.717, 1.165) is 18.8 Å². The summed E-state index contributed by atoms with van der Waals surface area (Å²) in [7, 11) is 0. The van der Waals surface area contributed by atoms with Gasteiger partial charge < -0.3 is 19.4 Å². The van der Waals surface area contributed by atoms with Crippen molar-refractivity contribution in [2.24, 2.45) is 11.3 Å². The van der Waals surface area contributed by atoms with Crippen molar-refractivity contribution in [3.8, 4) is 12.3 Å². The monoisotopic (exact) mass is 302 g/mol. The highest BCUT2D eigenvalue weighted by molar-refractivity contribution is 5.75. The van der Waals surface area contributed by atoms with Crippen LogP contribution in [0.3, 0.4) is 0 Å². The average Bonchev–Trinajstić information content (AvgIpc) is 3.14. The number of furan rings is 1. The molecular formula is C17H22N2O3. The van der Waals surface area contributed by atoms with E-state index in [-0.39, 0.29) is 30.1 Å². The van der Waals surface area contributed by atoms with Gasteiger partial charge in [-0.2, -0.15) is 0 Å². The van der Waals surface area contributed by atoms with Gasteiger partial charge in [-0.05, 0) is 18.6 Å². The Morgan fingerprint density at radius 1 is 1.59 bits per heavy atom. The summed E-state index contributed by atoms with van der Waals surface area (Å²) in [6.07, 6.45) is 8.24. The summed E-state index contributed by atoms with van der Waals surface area (Å²) in [4.78, 5) is 14.2. The summed E-state index contributed by atoms with van der Waals surface area (Å²) in [5.74, 6) is 3.67. The predicted molar refractivity (Wildman–Crippen MR) is 81.9 cm³/mol. The standard InChI is InChI=1S/C17H22N2O3/c1-4-8-19(11-12-6-5-9-21-12)16(20)18-14-13-7-10-22-15(13)17(14,2)3/h1,5-6,9,13-15H,7-8,10-11H2,2-3H3,(H,18,20)/t13-,14-,15-/m1/s1. The van der Waals surface area contributed by atoms with E-state index in [1.807, 2.05) is 6.07 Å². The highest BCUT2D eigenvalue weighted by Crippen LogP contribution is 2.52. The van der Waals surface area contributed by atoms with E-state index in [4.69, 9.17) is 15.6 Å². The molecule has 0 unspecified atom stereocenters. The fraction of sp³-hybridized carbons (Fsp3) is 0.588. The molecule has 0 aromatic carbocycles. The third kappa shape index (κ3) is 2.48. The van der Waals surface area contributed by atoms with Crippen molar-refractivity contribution in [3.05, 3.63) is 24.2 Å². The number of rotatable bonds is 4. The van der Waals surface area contributed by atoms with Gasteiger partial charge in [0.15, 0.2) is 0 Å². The number of urea groups is 1. The van der Waals surface area contributed by atoms with Crippen LogP contribution in [-0.2, 0) is 11.3 Å². The van der Waals surface area contributed by atoms with Gasteiger partial charge in [-0.1, -0.05) is 19.8 Å². The van der Waals surface area contributed by atoms with Crippen LogP contribution >= 0.6 is 0 Å². The predicted octanol–water partition coefficient (Wildman–Crippen LogP) is 2.24. The van der Waals surface area contributed by atoms with Crippen molar-refractivity contribution in [2.75, 3.05) is 13.2 Å². The number of hydrogen-bond donors (Lipinski definition) is 1. The maximum atomic E-state index is 12.6. The van der Waals surface area contributed by atoms with Crippen LogP contribution in [0.15, 0.2) is 22.8 Å². The Labute approximate surface area is 131 Å². The van der Waals surface area contributed by atoms with Gasteiger partial charge in [0.25, 0.3) is 0 Å². The van der Waals surface area contributed by atoms with Crippen LogP contribution in [0.5, 0.6) is 0 Å². The van der Waals surface area contributed by atoms with Crippen molar-refractivity contribution in [1.82, 2.24) is 10.2 Å². The summed E-state index contributed by atoms with van der Waals surface area (Å²) < 4.78 is 11.1. The number of nitrogens with one attached hydrogen (secondary N) is 1. The quantitative estimate of drug-likeness (QED) is 0.868. The molecule has 1 saturated heterocycles. The first kappa shape index (κ1) is 15.0. The Bertz CT molecular complexity index is 573. The molecule has 118 valence electrons. The van der Waals surface area contributed by atoms with Crippen LogP contribution in [0, 0.1) is 23.7 Å². The van der Waals surface area contributed by atoms with Gasteiger partial charge in [0.1, 0.15) is 5.76 Å². The Hall–Kier alpha value is -1.93. The minimum atomic E-state index is -0.141. The molecule has 0 radical (unpaired) electrons. The third-order valence-electron chi connectivity index (χ3n) is 4.88. The molecule has 1 N–H and O–H groups in total. The van der Waals surface area contributed by atoms with Crippen LogP contribution in [0.25, 0.3) is 0 Å². The molecule has 22 heavy (non-hydrogen) atoms. The van der Waals surface area contributed by atoms with E-state index in [1.54, 1.807) is 17.2 Å². The fourth-order valence-corrected chi connectivity index (χ4v) is 3.74. The van der Waals surface area contributed by atoms with Crippen LogP contribution in [-0.4, -0.2) is 36.2 Å².